The number of benzene rings is 1. The van der Waals surface area contributed by atoms with E-state index >= 15 is 0 Å². The first-order valence-electron chi connectivity index (χ1n) is 7.67. The van der Waals surface area contributed by atoms with Gasteiger partial charge in [-0.15, -0.1) is 6.42 Å². The molecule has 0 aromatic heterocycles. The number of hydrogen-bond donors (Lipinski definition) is 2. The van der Waals surface area contributed by atoms with Crippen LogP contribution in [-0.2, 0) is 10.0 Å². The summed E-state index contributed by atoms with van der Waals surface area (Å²) in [5, 5.41) is 2.88. The van der Waals surface area contributed by atoms with Crippen LogP contribution in [0.15, 0.2) is 29.2 Å². The maximum atomic E-state index is 12.2. The molecule has 2 N–H and O–H groups in total. The van der Waals surface area contributed by atoms with Crippen molar-refractivity contribution in [2.75, 3.05) is 27.2 Å². The Morgan fingerprint density at radius 3 is 2.29 bits per heavy atom. The second kappa shape index (κ2) is 8.83. The maximum Gasteiger partial charge on any atom is 0.251 e. The maximum absolute atomic E-state index is 12.2. The van der Waals surface area contributed by atoms with Crippen LogP contribution in [0.25, 0.3) is 0 Å². The molecule has 6 nitrogen and oxygen atoms in total. The molecule has 0 aliphatic rings. The summed E-state index contributed by atoms with van der Waals surface area (Å²) in [6, 6.07) is 5.97. The highest BCUT2D eigenvalue weighted by atomic mass is 32.2. The summed E-state index contributed by atoms with van der Waals surface area (Å²) in [5.74, 6) is 2.38. The van der Waals surface area contributed by atoms with Gasteiger partial charge in [0.25, 0.3) is 5.91 Å². The quantitative estimate of drug-likeness (QED) is 0.683. The van der Waals surface area contributed by atoms with Gasteiger partial charge in [-0.1, -0.05) is 19.8 Å². The molecule has 1 aromatic rings. The Labute approximate surface area is 144 Å². The van der Waals surface area contributed by atoms with Gasteiger partial charge in [0.1, 0.15) is 0 Å². The number of carbonyl (C=O) groups excluding carboxylic acids is 1. The number of sulfonamides is 1. The van der Waals surface area contributed by atoms with Crippen LogP contribution in [0.2, 0.25) is 0 Å². The zero-order valence-electron chi connectivity index (χ0n) is 14.5. The van der Waals surface area contributed by atoms with Gasteiger partial charge in [-0.2, -0.15) is 4.72 Å². The predicted molar refractivity (Wildman–Crippen MR) is 95.1 cm³/mol. The minimum Gasteiger partial charge on any atom is -0.350 e. The van der Waals surface area contributed by atoms with Crippen molar-refractivity contribution >= 4 is 15.9 Å². The second-order valence-electron chi connectivity index (χ2n) is 6.04. The Morgan fingerprint density at radius 1 is 1.25 bits per heavy atom. The summed E-state index contributed by atoms with van der Waals surface area (Å²) in [5.41, 5.74) is 0.409. The van der Waals surface area contributed by atoms with E-state index in [9.17, 15) is 13.2 Å². The number of nitrogens with zero attached hydrogens (tertiary/aromatic N) is 1. The standard InChI is InChI=1S/C17H25N3O3S/c1-6-11-19-24(22,23)15-9-7-14(8-10-15)17(21)18-12-16(13(2)3)20(4)5/h1,7-10,13,16,19H,11-12H2,2-5H3,(H,18,21). The summed E-state index contributed by atoms with van der Waals surface area (Å²) in [4.78, 5) is 14.3. The SMILES string of the molecule is C#CCNS(=O)(=O)c1ccc(C(=O)NCC(C(C)C)N(C)C)cc1. The minimum absolute atomic E-state index is 0.0719. The van der Waals surface area contributed by atoms with Crippen LogP contribution in [0.5, 0.6) is 0 Å². The molecule has 0 radical (unpaired) electrons. The molecule has 0 bridgehead atoms. The fourth-order valence-electron chi connectivity index (χ4n) is 2.32. The number of amides is 1. The molecule has 1 aromatic carbocycles. The highest BCUT2D eigenvalue weighted by Crippen LogP contribution is 2.11. The smallest absolute Gasteiger partial charge is 0.251 e. The molecular weight excluding hydrogens is 326 g/mol. The monoisotopic (exact) mass is 351 g/mol. The summed E-state index contributed by atoms with van der Waals surface area (Å²) in [7, 11) is 0.300. The van der Waals surface area contributed by atoms with Crippen LogP contribution in [0, 0.1) is 18.3 Å². The Bertz CT molecular complexity index is 681. The summed E-state index contributed by atoms with van der Waals surface area (Å²) >= 11 is 0. The third-order valence-corrected chi connectivity index (χ3v) is 5.11. The van der Waals surface area contributed by atoms with Gasteiger partial charge in [0.15, 0.2) is 0 Å². The number of hydrogen-bond acceptors (Lipinski definition) is 4. The molecule has 0 saturated carbocycles. The van der Waals surface area contributed by atoms with Gasteiger partial charge >= 0.3 is 0 Å². The van der Waals surface area contributed by atoms with E-state index in [0.29, 0.717) is 18.0 Å². The summed E-state index contributed by atoms with van der Waals surface area (Å²) in [6.07, 6.45) is 5.04. The van der Waals surface area contributed by atoms with E-state index in [1.807, 2.05) is 14.1 Å². The van der Waals surface area contributed by atoms with Gasteiger partial charge in [0, 0.05) is 18.2 Å². The van der Waals surface area contributed by atoms with E-state index < -0.39 is 10.0 Å². The number of likely N-dealkylation sites (N-methyl/N-ethyl adjacent to an activating group) is 1. The topological polar surface area (TPSA) is 78.5 Å². The molecule has 0 heterocycles. The number of nitrogens with one attached hydrogen (secondary N) is 2. The highest BCUT2D eigenvalue weighted by molar-refractivity contribution is 7.89. The molecule has 1 atom stereocenters. The van der Waals surface area contributed by atoms with E-state index in [1.54, 1.807) is 0 Å². The Morgan fingerprint density at radius 2 is 1.83 bits per heavy atom. The van der Waals surface area contributed by atoms with E-state index in [4.69, 9.17) is 6.42 Å². The molecule has 1 rings (SSSR count). The largest absolute Gasteiger partial charge is 0.350 e. The molecule has 132 valence electrons. The van der Waals surface area contributed by atoms with Crippen molar-refractivity contribution in [3.8, 4) is 12.3 Å². The lowest BCUT2D eigenvalue weighted by Gasteiger charge is -2.28. The van der Waals surface area contributed by atoms with Crippen molar-refractivity contribution in [3.63, 3.8) is 0 Å². The summed E-state index contributed by atoms with van der Waals surface area (Å²) < 4.78 is 26.1. The average Bonchev–Trinajstić information content (AvgIpc) is 2.52. The van der Waals surface area contributed by atoms with Crippen molar-refractivity contribution in [1.29, 1.82) is 0 Å². The lowest BCUT2D eigenvalue weighted by Crippen LogP contribution is -2.43. The van der Waals surface area contributed by atoms with E-state index in [0.717, 1.165) is 0 Å². The van der Waals surface area contributed by atoms with Crippen LogP contribution in [0.4, 0.5) is 0 Å². The third kappa shape index (κ3) is 5.64. The fourth-order valence-corrected chi connectivity index (χ4v) is 3.25. The lowest BCUT2D eigenvalue weighted by molar-refractivity contribution is 0.0934. The zero-order valence-corrected chi connectivity index (χ0v) is 15.4. The second-order valence-corrected chi connectivity index (χ2v) is 7.81. The molecule has 1 amide bonds. The first-order valence-corrected chi connectivity index (χ1v) is 9.15. The van der Waals surface area contributed by atoms with Crippen molar-refractivity contribution in [1.82, 2.24) is 14.9 Å². The van der Waals surface area contributed by atoms with Crippen molar-refractivity contribution < 1.29 is 13.2 Å². The van der Waals surface area contributed by atoms with Crippen molar-refractivity contribution in [2.45, 2.75) is 24.8 Å². The normalized spacial score (nSPS) is 12.9. The molecule has 1 unspecified atom stereocenters. The van der Waals surface area contributed by atoms with Gasteiger partial charge in [0.05, 0.1) is 11.4 Å². The summed E-state index contributed by atoms with van der Waals surface area (Å²) in [6.45, 7) is 4.64. The van der Waals surface area contributed by atoms with Gasteiger partial charge in [-0.05, 0) is 44.3 Å². The lowest BCUT2D eigenvalue weighted by atomic mass is 10.0. The van der Waals surface area contributed by atoms with E-state index in [2.05, 4.69) is 34.7 Å². The first kappa shape index (κ1) is 20.2. The Hall–Kier alpha value is -1.88. The molecule has 7 heteroatoms. The van der Waals surface area contributed by atoms with Crippen LogP contribution in [-0.4, -0.2) is 52.5 Å². The molecule has 0 spiro atoms. The zero-order chi connectivity index (χ0) is 18.3. The minimum atomic E-state index is -3.64. The van der Waals surface area contributed by atoms with Crippen LogP contribution in [0.1, 0.15) is 24.2 Å². The molecule has 0 aliphatic carbocycles. The van der Waals surface area contributed by atoms with Crippen LogP contribution < -0.4 is 10.0 Å². The third-order valence-electron chi connectivity index (χ3n) is 3.70. The van der Waals surface area contributed by atoms with Gasteiger partial charge in [-0.25, -0.2) is 8.42 Å². The molecule has 0 saturated heterocycles. The first-order chi connectivity index (χ1) is 11.2. The Balaban J connectivity index is 2.76. The number of terminal acetylenes is 1. The molecule has 0 aliphatic heterocycles. The van der Waals surface area contributed by atoms with Gasteiger partial charge < -0.3 is 10.2 Å². The number of carbonyl (C=O) groups is 1. The Kier molecular flexibility index (Phi) is 7.42. The average molecular weight is 351 g/mol. The number of rotatable bonds is 8. The van der Waals surface area contributed by atoms with Crippen LogP contribution in [0.3, 0.4) is 0 Å². The molecule has 0 fully saturated rings. The predicted octanol–water partition coefficient (Wildman–Crippen LogP) is 0.914. The van der Waals surface area contributed by atoms with Gasteiger partial charge in [-0.3, -0.25) is 4.79 Å². The molecule has 24 heavy (non-hydrogen) atoms. The van der Waals surface area contributed by atoms with Crippen molar-refractivity contribution in [3.05, 3.63) is 29.8 Å². The van der Waals surface area contributed by atoms with E-state index in [1.165, 1.54) is 24.3 Å². The van der Waals surface area contributed by atoms with Gasteiger partial charge in [0.2, 0.25) is 10.0 Å². The van der Waals surface area contributed by atoms with E-state index in [-0.39, 0.29) is 23.4 Å². The highest BCUT2D eigenvalue weighted by Gasteiger charge is 2.18. The van der Waals surface area contributed by atoms with Crippen LogP contribution >= 0.6 is 0 Å². The fraction of sp³-hybridized carbons (Fsp3) is 0.471. The van der Waals surface area contributed by atoms with Crippen molar-refractivity contribution in [2.24, 2.45) is 5.92 Å². The molecular formula is C17H25N3O3S.